The van der Waals surface area contributed by atoms with E-state index in [0.29, 0.717) is 30.3 Å². The fraction of sp³-hybridized carbons (Fsp3) is 0.222. The zero-order valence-corrected chi connectivity index (χ0v) is 13.7. The molecule has 0 atom stereocenters. The Labute approximate surface area is 145 Å². The highest BCUT2D eigenvalue weighted by Gasteiger charge is 2.26. The summed E-state index contributed by atoms with van der Waals surface area (Å²) in [5.41, 5.74) is 1.95. The molecule has 124 valence electrons. The number of carbonyl (C=O) groups is 2. The van der Waals surface area contributed by atoms with Crippen molar-refractivity contribution in [2.24, 2.45) is 0 Å². The predicted octanol–water partition coefficient (Wildman–Crippen LogP) is 3.87. The molecule has 1 fully saturated rings. The standard InChI is InChI=1S/C18H17ClN2O3/c19-15-6-2-13(3-7-15)12-20-10-1-11-21(18(20)24)16-8-4-14(5-9-16)17(22)23/h2-9H,1,10-12H2,(H,22,23). The van der Waals surface area contributed by atoms with Crippen LogP contribution in [-0.2, 0) is 6.54 Å². The highest BCUT2D eigenvalue weighted by Crippen LogP contribution is 2.22. The van der Waals surface area contributed by atoms with Gasteiger partial charge in [0.05, 0.1) is 5.56 Å². The van der Waals surface area contributed by atoms with Crippen LogP contribution >= 0.6 is 11.6 Å². The molecule has 2 aromatic carbocycles. The number of aromatic carboxylic acids is 1. The van der Waals surface area contributed by atoms with Gasteiger partial charge in [-0.1, -0.05) is 23.7 Å². The lowest BCUT2D eigenvalue weighted by atomic mass is 10.1. The van der Waals surface area contributed by atoms with E-state index >= 15 is 0 Å². The lowest BCUT2D eigenvalue weighted by molar-refractivity contribution is 0.0697. The molecule has 0 radical (unpaired) electrons. The molecule has 1 N–H and O–H groups in total. The van der Waals surface area contributed by atoms with Crippen molar-refractivity contribution in [3.05, 3.63) is 64.7 Å². The molecule has 2 amide bonds. The third-order valence-electron chi connectivity index (χ3n) is 4.02. The number of carboxylic acid groups (broad SMARTS) is 1. The Hall–Kier alpha value is -2.53. The second kappa shape index (κ2) is 6.93. The van der Waals surface area contributed by atoms with Crippen LogP contribution in [0.4, 0.5) is 10.5 Å². The number of rotatable bonds is 4. The molecular weight excluding hydrogens is 328 g/mol. The maximum absolute atomic E-state index is 12.7. The molecule has 1 aliphatic heterocycles. The Bertz CT molecular complexity index is 744. The van der Waals surface area contributed by atoms with Gasteiger partial charge in [0.1, 0.15) is 0 Å². The minimum absolute atomic E-state index is 0.0701. The Morgan fingerprint density at radius 1 is 1.04 bits per heavy atom. The quantitative estimate of drug-likeness (QED) is 0.915. The molecule has 1 aliphatic rings. The van der Waals surface area contributed by atoms with Crippen LogP contribution in [0.1, 0.15) is 22.3 Å². The van der Waals surface area contributed by atoms with Crippen LogP contribution in [0, 0.1) is 0 Å². The summed E-state index contributed by atoms with van der Waals surface area (Å²) in [7, 11) is 0. The lowest BCUT2D eigenvalue weighted by Crippen LogP contribution is -2.49. The van der Waals surface area contributed by atoms with E-state index in [1.807, 2.05) is 24.3 Å². The Kier molecular flexibility index (Phi) is 4.71. The highest BCUT2D eigenvalue weighted by atomic mass is 35.5. The number of nitrogens with zero attached hydrogens (tertiary/aromatic N) is 2. The van der Waals surface area contributed by atoms with Gasteiger partial charge >= 0.3 is 12.0 Å². The molecule has 1 saturated heterocycles. The summed E-state index contributed by atoms with van der Waals surface area (Å²) < 4.78 is 0. The summed E-state index contributed by atoms with van der Waals surface area (Å²) in [5, 5.41) is 9.64. The predicted molar refractivity (Wildman–Crippen MR) is 92.6 cm³/mol. The number of anilines is 1. The fourth-order valence-electron chi connectivity index (χ4n) is 2.76. The van der Waals surface area contributed by atoms with Crippen LogP contribution in [0.5, 0.6) is 0 Å². The van der Waals surface area contributed by atoms with Crippen molar-refractivity contribution in [3.8, 4) is 0 Å². The van der Waals surface area contributed by atoms with E-state index in [0.717, 1.165) is 12.0 Å². The number of halogens is 1. The van der Waals surface area contributed by atoms with Crippen LogP contribution in [0.3, 0.4) is 0 Å². The Morgan fingerprint density at radius 2 is 1.71 bits per heavy atom. The number of hydrogen-bond donors (Lipinski definition) is 1. The fourth-order valence-corrected chi connectivity index (χ4v) is 2.89. The molecule has 0 bridgehead atoms. The molecule has 0 saturated carbocycles. The Morgan fingerprint density at radius 3 is 2.33 bits per heavy atom. The SMILES string of the molecule is O=C(O)c1ccc(N2CCCN(Cc3ccc(Cl)cc3)C2=O)cc1. The van der Waals surface area contributed by atoms with E-state index in [-0.39, 0.29) is 11.6 Å². The zero-order chi connectivity index (χ0) is 17.1. The molecule has 0 spiro atoms. The van der Waals surface area contributed by atoms with Gasteiger partial charge < -0.3 is 10.0 Å². The maximum Gasteiger partial charge on any atom is 0.335 e. The topological polar surface area (TPSA) is 60.9 Å². The van der Waals surface area contributed by atoms with Gasteiger partial charge in [-0.2, -0.15) is 0 Å². The zero-order valence-electron chi connectivity index (χ0n) is 13.0. The second-order valence-electron chi connectivity index (χ2n) is 5.69. The molecule has 0 aliphatic carbocycles. The molecular formula is C18H17ClN2O3. The summed E-state index contributed by atoms with van der Waals surface area (Å²) in [6, 6.07) is 13.8. The smallest absolute Gasteiger partial charge is 0.335 e. The van der Waals surface area contributed by atoms with Crippen molar-refractivity contribution in [2.45, 2.75) is 13.0 Å². The van der Waals surface area contributed by atoms with Crippen molar-refractivity contribution in [3.63, 3.8) is 0 Å². The summed E-state index contributed by atoms with van der Waals surface area (Å²) >= 11 is 5.89. The summed E-state index contributed by atoms with van der Waals surface area (Å²) in [6.45, 7) is 1.85. The van der Waals surface area contributed by atoms with Crippen LogP contribution in [-0.4, -0.2) is 35.1 Å². The molecule has 1 heterocycles. The first-order chi connectivity index (χ1) is 11.5. The number of hydrogen-bond acceptors (Lipinski definition) is 2. The molecule has 2 aromatic rings. The van der Waals surface area contributed by atoms with Gasteiger partial charge in [0.25, 0.3) is 0 Å². The van der Waals surface area contributed by atoms with Gasteiger partial charge in [-0.25, -0.2) is 9.59 Å². The van der Waals surface area contributed by atoms with Crippen molar-refractivity contribution in [1.29, 1.82) is 0 Å². The molecule has 5 nitrogen and oxygen atoms in total. The molecule has 3 rings (SSSR count). The van der Waals surface area contributed by atoms with Gasteiger partial charge in [0, 0.05) is 30.3 Å². The maximum atomic E-state index is 12.7. The largest absolute Gasteiger partial charge is 0.478 e. The van der Waals surface area contributed by atoms with Crippen molar-refractivity contribution < 1.29 is 14.7 Å². The van der Waals surface area contributed by atoms with E-state index in [1.54, 1.807) is 21.9 Å². The van der Waals surface area contributed by atoms with E-state index in [4.69, 9.17) is 16.7 Å². The normalized spacial score (nSPS) is 14.8. The van der Waals surface area contributed by atoms with Gasteiger partial charge in [-0.15, -0.1) is 0 Å². The van der Waals surface area contributed by atoms with Gasteiger partial charge in [-0.3, -0.25) is 4.90 Å². The molecule has 6 heteroatoms. The van der Waals surface area contributed by atoms with Crippen molar-refractivity contribution in [1.82, 2.24) is 4.90 Å². The van der Waals surface area contributed by atoms with E-state index in [1.165, 1.54) is 12.1 Å². The lowest BCUT2D eigenvalue weighted by Gasteiger charge is -2.35. The van der Waals surface area contributed by atoms with Crippen LogP contribution in [0.2, 0.25) is 5.02 Å². The Balaban J connectivity index is 1.74. The monoisotopic (exact) mass is 344 g/mol. The first kappa shape index (κ1) is 16.3. The number of carbonyl (C=O) groups excluding carboxylic acids is 1. The minimum Gasteiger partial charge on any atom is -0.478 e. The van der Waals surface area contributed by atoms with Crippen LogP contribution < -0.4 is 4.90 Å². The third kappa shape index (κ3) is 3.51. The first-order valence-corrected chi connectivity index (χ1v) is 8.06. The van der Waals surface area contributed by atoms with Gasteiger partial charge in [0.15, 0.2) is 0 Å². The van der Waals surface area contributed by atoms with E-state index in [9.17, 15) is 9.59 Å². The van der Waals surface area contributed by atoms with Crippen molar-refractivity contribution >= 4 is 29.3 Å². The molecule has 24 heavy (non-hydrogen) atoms. The van der Waals surface area contributed by atoms with Gasteiger partial charge in [0.2, 0.25) is 0 Å². The summed E-state index contributed by atoms with van der Waals surface area (Å²) in [5.74, 6) is -0.976. The number of carboxylic acids is 1. The first-order valence-electron chi connectivity index (χ1n) is 7.69. The highest BCUT2D eigenvalue weighted by molar-refractivity contribution is 6.30. The average Bonchev–Trinajstić information content (AvgIpc) is 2.59. The third-order valence-corrected chi connectivity index (χ3v) is 4.28. The minimum atomic E-state index is -0.976. The molecule has 0 aromatic heterocycles. The van der Waals surface area contributed by atoms with E-state index < -0.39 is 5.97 Å². The summed E-state index contributed by atoms with van der Waals surface area (Å²) in [6.07, 6.45) is 0.861. The number of urea groups is 1. The van der Waals surface area contributed by atoms with Crippen LogP contribution in [0.25, 0.3) is 0 Å². The number of benzene rings is 2. The van der Waals surface area contributed by atoms with Gasteiger partial charge in [-0.05, 0) is 48.4 Å². The average molecular weight is 345 g/mol. The summed E-state index contributed by atoms with van der Waals surface area (Å²) in [4.78, 5) is 27.1. The number of amides is 2. The van der Waals surface area contributed by atoms with E-state index in [2.05, 4.69) is 0 Å². The molecule has 0 unspecified atom stereocenters. The second-order valence-corrected chi connectivity index (χ2v) is 6.12. The van der Waals surface area contributed by atoms with Crippen LogP contribution in [0.15, 0.2) is 48.5 Å². The van der Waals surface area contributed by atoms with Crippen molar-refractivity contribution in [2.75, 3.05) is 18.0 Å².